The van der Waals surface area contributed by atoms with E-state index in [1.54, 1.807) is 7.05 Å². The Morgan fingerprint density at radius 1 is 1.62 bits per heavy atom. The number of aliphatic imine (C=N–C) groups is 1. The largest absolute Gasteiger partial charge is 0.351 e. The standard InChI is InChI=1S/C10H19F2N3S/c1-3-8-7-15(4-5-16-8)10(13-2)14-6-9(11)12/h8-9H,3-7H2,1-2H3,(H,13,14). The number of guanidine groups is 1. The van der Waals surface area contributed by atoms with Gasteiger partial charge in [0.25, 0.3) is 6.43 Å². The van der Waals surface area contributed by atoms with Crippen molar-refractivity contribution in [3.05, 3.63) is 0 Å². The molecule has 0 spiro atoms. The van der Waals surface area contributed by atoms with E-state index in [2.05, 4.69) is 22.1 Å². The minimum absolute atomic E-state index is 0.326. The van der Waals surface area contributed by atoms with Crippen LogP contribution in [0, 0.1) is 0 Å². The van der Waals surface area contributed by atoms with Gasteiger partial charge in [0.1, 0.15) is 0 Å². The molecule has 6 heteroatoms. The summed E-state index contributed by atoms with van der Waals surface area (Å²) in [5, 5.41) is 3.28. The Kier molecular flexibility index (Phi) is 5.87. The lowest BCUT2D eigenvalue weighted by atomic mass is 10.3. The highest BCUT2D eigenvalue weighted by Crippen LogP contribution is 2.20. The van der Waals surface area contributed by atoms with Gasteiger partial charge in [-0.1, -0.05) is 6.92 Å². The Labute approximate surface area is 99.7 Å². The third-order valence-electron chi connectivity index (χ3n) is 2.52. The first kappa shape index (κ1) is 13.5. The SMILES string of the molecule is CCC1CN(C(=NC)NCC(F)F)CCS1. The molecule has 0 radical (unpaired) electrons. The van der Waals surface area contributed by atoms with Crippen molar-refractivity contribution in [3.63, 3.8) is 0 Å². The van der Waals surface area contributed by atoms with Crippen molar-refractivity contribution in [1.29, 1.82) is 0 Å². The number of thioether (sulfide) groups is 1. The quantitative estimate of drug-likeness (QED) is 0.610. The normalized spacial score (nSPS) is 22.7. The minimum Gasteiger partial charge on any atom is -0.351 e. The van der Waals surface area contributed by atoms with Gasteiger partial charge >= 0.3 is 0 Å². The molecule has 1 fully saturated rings. The molecule has 1 unspecified atom stereocenters. The predicted molar refractivity (Wildman–Crippen MR) is 65.5 cm³/mol. The molecule has 1 saturated heterocycles. The van der Waals surface area contributed by atoms with Crippen LogP contribution < -0.4 is 5.32 Å². The van der Waals surface area contributed by atoms with Crippen LogP contribution in [-0.2, 0) is 0 Å². The molecule has 16 heavy (non-hydrogen) atoms. The highest BCUT2D eigenvalue weighted by molar-refractivity contribution is 8.00. The molecule has 3 nitrogen and oxygen atoms in total. The van der Waals surface area contributed by atoms with Crippen LogP contribution in [0.15, 0.2) is 4.99 Å². The maximum absolute atomic E-state index is 12.1. The Morgan fingerprint density at radius 2 is 2.38 bits per heavy atom. The summed E-state index contributed by atoms with van der Waals surface area (Å²) in [7, 11) is 1.64. The fourth-order valence-corrected chi connectivity index (χ4v) is 2.84. The molecular weight excluding hydrogens is 232 g/mol. The van der Waals surface area contributed by atoms with E-state index < -0.39 is 6.43 Å². The molecule has 0 aromatic rings. The molecule has 1 N–H and O–H groups in total. The van der Waals surface area contributed by atoms with Gasteiger partial charge in [-0.05, 0) is 6.42 Å². The van der Waals surface area contributed by atoms with Crippen LogP contribution >= 0.6 is 11.8 Å². The number of halogens is 2. The summed E-state index contributed by atoms with van der Waals surface area (Å²) in [4.78, 5) is 6.10. The molecule has 0 aliphatic carbocycles. The van der Waals surface area contributed by atoms with Gasteiger partial charge in [0.05, 0.1) is 6.54 Å². The second-order valence-electron chi connectivity index (χ2n) is 3.67. The van der Waals surface area contributed by atoms with E-state index >= 15 is 0 Å². The van der Waals surface area contributed by atoms with E-state index in [1.807, 2.05) is 11.8 Å². The van der Waals surface area contributed by atoms with E-state index in [9.17, 15) is 8.78 Å². The van der Waals surface area contributed by atoms with Crippen molar-refractivity contribution in [2.24, 2.45) is 4.99 Å². The highest BCUT2D eigenvalue weighted by atomic mass is 32.2. The van der Waals surface area contributed by atoms with Crippen molar-refractivity contribution in [3.8, 4) is 0 Å². The Balaban J connectivity index is 2.46. The monoisotopic (exact) mass is 251 g/mol. The van der Waals surface area contributed by atoms with Crippen LogP contribution in [-0.4, -0.2) is 55.0 Å². The number of rotatable bonds is 3. The number of hydrogen-bond donors (Lipinski definition) is 1. The highest BCUT2D eigenvalue weighted by Gasteiger charge is 2.21. The first-order chi connectivity index (χ1) is 7.67. The van der Waals surface area contributed by atoms with Crippen molar-refractivity contribution < 1.29 is 8.78 Å². The molecule has 1 aliphatic rings. The molecule has 1 rings (SSSR count). The smallest absolute Gasteiger partial charge is 0.255 e. The molecular formula is C10H19F2N3S. The summed E-state index contributed by atoms with van der Waals surface area (Å²) in [6, 6.07) is 0. The molecule has 0 saturated carbocycles. The number of nitrogens with one attached hydrogen (secondary N) is 1. The maximum atomic E-state index is 12.1. The van der Waals surface area contributed by atoms with Gasteiger partial charge in [-0.25, -0.2) is 8.78 Å². The second-order valence-corrected chi connectivity index (χ2v) is 5.07. The molecule has 0 aromatic carbocycles. The third-order valence-corrected chi connectivity index (χ3v) is 3.89. The molecule has 0 aromatic heterocycles. The molecule has 0 amide bonds. The summed E-state index contributed by atoms with van der Waals surface area (Å²) in [6.07, 6.45) is -1.23. The number of nitrogens with zero attached hydrogens (tertiary/aromatic N) is 2. The van der Waals surface area contributed by atoms with E-state index in [0.29, 0.717) is 11.2 Å². The lowest BCUT2D eigenvalue weighted by Gasteiger charge is -2.34. The van der Waals surface area contributed by atoms with Crippen LogP contribution in [0.25, 0.3) is 0 Å². The third kappa shape index (κ3) is 4.15. The molecule has 94 valence electrons. The van der Waals surface area contributed by atoms with Crippen LogP contribution in [0.3, 0.4) is 0 Å². The van der Waals surface area contributed by atoms with E-state index in [-0.39, 0.29) is 6.54 Å². The van der Waals surface area contributed by atoms with Gasteiger partial charge in [-0.2, -0.15) is 11.8 Å². The van der Waals surface area contributed by atoms with Crippen molar-refractivity contribution in [2.75, 3.05) is 32.4 Å². The first-order valence-electron chi connectivity index (χ1n) is 5.52. The predicted octanol–water partition coefficient (Wildman–Crippen LogP) is 1.65. The molecule has 0 bridgehead atoms. The van der Waals surface area contributed by atoms with Crippen LogP contribution in [0.2, 0.25) is 0 Å². The summed E-state index contributed by atoms with van der Waals surface area (Å²) in [5.41, 5.74) is 0. The summed E-state index contributed by atoms with van der Waals surface area (Å²) in [6.45, 7) is 3.60. The Hall–Kier alpha value is -0.520. The van der Waals surface area contributed by atoms with Gasteiger partial charge < -0.3 is 10.2 Å². The zero-order valence-electron chi connectivity index (χ0n) is 9.75. The average molecular weight is 251 g/mol. The topological polar surface area (TPSA) is 27.6 Å². The van der Waals surface area contributed by atoms with Gasteiger partial charge in [-0.3, -0.25) is 4.99 Å². The summed E-state index contributed by atoms with van der Waals surface area (Å²) >= 11 is 1.95. The van der Waals surface area contributed by atoms with E-state index in [0.717, 1.165) is 25.3 Å². The van der Waals surface area contributed by atoms with Crippen LogP contribution in [0.5, 0.6) is 0 Å². The Morgan fingerprint density at radius 3 is 2.94 bits per heavy atom. The molecule has 1 atom stereocenters. The summed E-state index contributed by atoms with van der Waals surface area (Å²) < 4.78 is 24.2. The van der Waals surface area contributed by atoms with E-state index in [4.69, 9.17) is 0 Å². The molecule has 1 heterocycles. The Bertz CT molecular complexity index is 236. The van der Waals surface area contributed by atoms with Crippen molar-refractivity contribution >= 4 is 17.7 Å². The molecule has 1 aliphatic heterocycles. The first-order valence-corrected chi connectivity index (χ1v) is 6.57. The lowest BCUT2D eigenvalue weighted by Crippen LogP contribution is -2.48. The summed E-state index contributed by atoms with van der Waals surface area (Å²) in [5.74, 6) is 1.63. The zero-order chi connectivity index (χ0) is 12.0. The maximum Gasteiger partial charge on any atom is 0.255 e. The van der Waals surface area contributed by atoms with Gasteiger partial charge in [0, 0.05) is 31.1 Å². The number of alkyl halides is 2. The average Bonchev–Trinajstić information content (AvgIpc) is 2.30. The van der Waals surface area contributed by atoms with Crippen LogP contribution in [0.1, 0.15) is 13.3 Å². The van der Waals surface area contributed by atoms with Crippen LogP contribution in [0.4, 0.5) is 8.78 Å². The lowest BCUT2D eigenvalue weighted by molar-refractivity contribution is 0.151. The minimum atomic E-state index is -2.34. The van der Waals surface area contributed by atoms with Crippen molar-refractivity contribution in [1.82, 2.24) is 10.2 Å². The van der Waals surface area contributed by atoms with Crippen molar-refractivity contribution in [2.45, 2.75) is 25.0 Å². The van der Waals surface area contributed by atoms with E-state index in [1.165, 1.54) is 0 Å². The zero-order valence-corrected chi connectivity index (χ0v) is 10.6. The second kappa shape index (κ2) is 6.93. The number of hydrogen-bond acceptors (Lipinski definition) is 2. The fraction of sp³-hybridized carbons (Fsp3) is 0.900. The van der Waals surface area contributed by atoms with Gasteiger partial charge in [-0.15, -0.1) is 0 Å². The van der Waals surface area contributed by atoms with Gasteiger partial charge in [0.2, 0.25) is 0 Å². The van der Waals surface area contributed by atoms with Gasteiger partial charge in [0.15, 0.2) is 5.96 Å². The fourth-order valence-electron chi connectivity index (χ4n) is 1.66.